The number of nitrogens with one attached hydrogen (secondary N) is 1. The molecule has 0 bridgehead atoms. The Morgan fingerprint density at radius 2 is 1.71 bits per heavy atom. The number of aromatic nitrogens is 1. The Morgan fingerprint density at radius 1 is 0.952 bits per heavy atom. The molecule has 1 aromatic heterocycles. The molecular weight excluding hydrogens is 260 g/mol. The Labute approximate surface area is 124 Å². The maximum Gasteiger partial charge on any atom is 0.0626 e. The zero-order chi connectivity index (χ0) is 14.5. The minimum absolute atomic E-state index is 0.0647. The van der Waals surface area contributed by atoms with E-state index in [4.69, 9.17) is 0 Å². The Bertz CT molecular complexity index is 707. The monoisotopic (exact) mass is 278 g/mol. The highest BCUT2D eigenvalue weighted by Crippen LogP contribution is 2.18. The number of rotatable bonds is 5. The number of hydrogen-bond donors (Lipinski definition) is 2. The van der Waals surface area contributed by atoms with Crippen LogP contribution in [0.3, 0.4) is 0 Å². The molecule has 0 amide bonds. The summed E-state index contributed by atoms with van der Waals surface area (Å²) in [6, 6.07) is 18.1. The molecule has 21 heavy (non-hydrogen) atoms. The van der Waals surface area contributed by atoms with Crippen molar-refractivity contribution < 1.29 is 5.11 Å². The van der Waals surface area contributed by atoms with Gasteiger partial charge in [0.1, 0.15) is 0 Å². The zero-order valence-corrected chi connectivity index (χ0v) is 11.7. The van der Waals surface area contributed by atoms with E-state index < -0.39 is 0 Å². The molecule has 0 radical (unpaired) electrons. The molecule has 0 aliphatic carbocycles. The normalized spacial score (nSPS) is 12.4. The van der Waals surface area contributed by atoms with Crippen LogP contribution in [0.5, 0.6) is 0 Å². The molecule has 1 heterocycles. The van der Waals surface area contributed by atoms with Gasteiger partial charge >= 0.3 is 0 Å². The third-order valence-electron chi connectivity index (χ3n) is 3.67. The molecule has 0 unspecified atom stereocenters. The number of hydrogen-bond acceptors (Lipinski definition) is 3. The molecule has 1 atom stereocenters. The van der Waals surface area contributed by atoms with Crippen molar-refractivity contribution in [2.45, 2.75) is 12.6 Å². The average Bonchev–Trinajstić information content (AvgIpc) is 2.56. The SMILES string of the molecule is OC[C@H](NCc1cncc2ccccc12)c1ccccc1. The van der Waals surface area contributed by atoms with E-state index in [2.05, 4.69) is 22.4 Å². The summed E-state index contributed by atoms with van der Waals surface area (Å²) in [5.41, 5.74) is 2.23. The maximum atomic E-state index is 9.59. The smallest absolute Gasteiger partial charge is 0.0626 e. The quantitative estimate of drug-likeness (QED) is 0.754. The minimum Gasteiger partial charge on any atom is -0.394 e. The van der Waals surface area contributed by atoms with Crippen molar-refractivity contribution in [3.05, 3.63) is 78.1 Å². The van der Waals surface area contributed by atoms with Crippen molar-refractivity contribution in [2.24, 2.45) is 0 Å². The summed E-state index contributed by atoms with van der Waals surface area (Å²) in [6.07, 6.45) is 3.76. The molecular formula is C18H18N2O. The lowest BCUT2D eigenvalue weighted by Gasteiger charge is -2.17. The highest BCUT2D eigenvalue weighted by molar-refractivity contribution is 5.84. The Kier molecular flexibility index (Phi) is 4.24. The van der Waals surface area contributed by atoms with Crippen LogP contribution < -0.4 is 5.32 Å². The molecule has 0 fully saturated rings. The van der Waals surface area contributed by atoms with Crippen molar-refractivity contribution in [2.75, 3.05) is 6.61 Å². The molecule has 2 aromatic carbocycles. The van der Waals surface area contributed by atoms with Crippen molar-refractivity contribution in [3.63, 3.8) is 0 Å². The summed E-state index contributed by atoms with van der Waals surface area (Å²) >= 11 is 0. The van der Waals surface area contributed by atoms with E-state index in [1.807, 2.05) is 54.9 Å². The van der Waals surface area contributed by atoms with E-state index in [1.54, 1.807) is 0 Å². The van der Waals surface area contributed by atoms with Gasteiger partial charge in [0.15, 0.2) is 0 Å². The molecule has 3 heteroatoms. The van der Waals surface area contributed by atoms with Crippen LogP contribution in [-0.4, -0.2) is 16.7 Å². The van der Waals surface area contributed by atoms with Crippen LogP contribution in [0.4, 0.5) is 0 Å². The summed E-state index contributed by atoms with van der Waals surface area (Å²) in [4.78, 5) is 4.29. The van der Waals surface area contributed by atoms with E-state index >= 15 is 0 Å². The van der Waals surface area contributed by atoms with Crippen LogP contribution >= 0.6 is 0 Å². The van der Waals surface area contributed by atoms with Crippen LogP contribution in [-0.2, 0) is 6.54 Å². The van der Waals surface area contributed by atoms with Gasteiger partial charge in [-0.05, 0) is 16.5 Å². The first kappa shape index (κ1) is 13.7. The second-order valence-electron chi connectivity index (χ2n) is 5.05. The van der Waals surface area contributed by atoms with E-state index in [0.717, 1.165) is 16.5 Å². The number of nitrogens with zero attached hydrogens (tertiary/aromatic N) is 1. The van der Waals surface area contributed by atoms with Gasteiger partial charge in [-0.3, -0.25) is 4.98 Å². The number of benzene rings is 2. The number of pyridine rings is 1. The lowest BCUT2D eigenvalue weighted by atomic mass is 10.1. The third-order valence-corrected chi connectivity index (χ3v) is 3.67. The Hall–Kier alpha value is -2.23. The lowest BCUT2D eigenvalue weighted by Crippen LogP contribution is -2.24. The first-order chi connectivity index (χ1) is 10.4. The van der Waals surface area contributed by atoms with Crippen LogP contribution in [0.2, 0.25) is 0 Å². The summed E-state index contributed by atoms with van der Waals surface area (Å²) in [7, 11) is 0. The minimum atomic E-state index is -0.0647. The van der Waals surface area contributed by atoms with Crippen molar-refractivity contribution in [1.29, 1.82) is 0 Å². The van der Waals surface area contributed by atoms with Crippen molar-refractivity contribution in [3.8, 4) is 0 Å². The summed E-state index contributed by atoms with van der Waals surface area (Å²) < 4.78 is 0. The number of fused-ring (bicyclic) bond motifs is 1. The van der Waals surface area contributed by atoms with Gasteiger partial charge in [-0.15, -0.1) is 0 Å². The van der Waals surface area contributed by atoms with Gasteiger partial charge in [0, 0.05) is 24.3 Å². The topological polar surface area (TPSA) is 45.1 Å². The Balaban J connectivity index is 1.79. The van der Waals surface area contributed by atoms with Crippen LogP contribution in [0.1, 0.15) is 17.2 Å². The number of aliphatic hydroxyl groups excluding tert-OH is 1. The largest absolute Gasteiger partial charge is 0.394 e. The molecule has 0 spiro atoms. The fraction of sp³-hybridized carbons (Fsp3) is 0.167. The average molecular weight is 278 g/mol. The van der Waals surface area contributed by atoms with Crippen LogP contribution in [0.15, 0.2) is 67.0 Å². The first-order valence-corrected chi connectivity index (χ1v) is 7.09. The van der Waals surface area contributed by atoms with Crippen LogP contribution in [0, 0.1) is 0 Å². The van der Waals surface area contributed by atoms with Gasteiger partial charge in [0.2, 0.25) is 0 Å². The second-order valence-corrected chi connectivity index (χ2v) is 5.05. The van der Waals surface area contributed by atoms with E-state index in [1.165, 1.54) is 5.39 Å². The molecule has 0 saturated heterocycles. The molecule has 3 aromatic rings. The molecule has 0 saturated carbocycles. The highest BCUT2D eigenvalue weighted by Gasteiger charge is 2.10. The Morgan fingerprint density at radius 3 is 2.52 bits per heavy atom. The van der Waals surface area contributed by atoms with Crippen molar-refractivity contribution in [1.82, 2.24) is 10.3 Å². The predicted molar refractivity (Wildman–Crippen MR) is 84.9 cm³/mol. The summed E-state index contributed by atoms with van der Waals surface area (Å²) in [5.74, 6) is 0. The first-order valence-electron chi connectivity index (χ1n) is 7.09. The van der Waals surface area contributed by atoms with E-state index in [9.17, 15) is 5.11 Å². The van der Waals surface area contributed by atoms with Gasteiger partial charge in [0.05, 0.1) is 12.6 Å². The molecule has 3 rings (SSSR count). The standard InChI is InChI=1S/C18H18N2O/c21-13-18(14-6-2-1-3-7-14)20-12-16-11-19-10-15-8-4-5-9-17(15)16/h1-11,18,20-21H,12-13H2/t18-/m0/s1. The third kappa shape index (κ3) is 3.10. The van der Waals surface area contributed by atoms with E-state index in [0.29, 0.717) is 6.54 Å². The van der Waals surface area contributed by atoms with Crippen molar-refractivity contribution >= 4 is 10.8 Å². The van der Waals surface area contributed by atoms with Gasteiger partial charge in [0.25, 0.3) is 0 Å². The summed E-state index contributed by atoms with van der Waals surface area (Å²) in [5, 5.41) is 15.3. The molecule has 0 aliphatic heterocycles. The van der Waals surface area contributed by atoms with Gasteiger partial charge in [-0.25, -0.2) is 0 Å². The summed E-state index contributed by atoms with van der Waals surface area (Å²) in [6.45, 7) is 0.747. The molecule has 3 nitrogen and oxygen atoms in total. The van der Waals surface area contributed by atoms with Gasteiger partial charge in [-0.1, -0.05) is 54.6 Å². The maximum absolute atomic E-state index is 9.59. The zero-order valence-electron chi connectivity index (χ0n) is 11.7. The molecule has 2 N–H and O–H groups in total. The lowest BCUT2D eigenvalue weighted by molar-refractivity contribution is 0.244. The predicted octanol–water partition coefficient (Wildman–Crippen LogP) is 3.06. The second kappa shape index (κ2) is 6.48. The van der Waals surface area contributed by atoms with E-state index in [-0.39, 0.29) is 12.6 Å². The fourth-order valence-corrected chi connectivity index (χ4v) is 2.53. The van der Waals surface area contributed by atoms with Gasteiger partial charge < -0.3 is 10.4 Å². The molecule has 0 aliphatic rings. The number of aliphatic hydroxyl groups is 1. The molecule has 106 valence electrons. The van der Waals surface area contributed by atoms with Gasteiger partial charge in [-0.2, -0.15) is 0 Å². The highest BCUT2D eigenvalue weighted by atomic mass is 16.3. The van der Waals surface area contributed by atoms with Crippen LogP contribution in [0.25, 0.3) is 10.8 Å². The fourth-order valence-electron chi connectivity index (χ4n) is 2.53.